The number of nitrogens with zero attached hydrogens (tertiary/aromatic N) is 1. The maximum atomic E-state index is 12.3. The largest absolute Gasteiger partial charge is 0.493 e. The van der Waals surface area contributed by atoms with Crippen LogP contribution in [0.5, 0.6) is 11.5 Å². The molecule has 0 saturated carbocycles. The van der Waals surface area contributed by atoms with E-state index in [0.717, 1.165) is 30.0 Å². The van der Waals surface area contributed by atoms with Crippen molar-refractivity contribution in [1.29, 1.82) is 0 Å². The van der Waals surface area contributed by atoms with Gasteiger partial charge in [0.25, 0.3) is 5.91 Å². The van der Waals surface area contributed by atoms with Gasteiger partial charge in [-0.05, 0) is 44.4 Å². The average Bonchev–Trinajstić information content (AvgIpc) is 3.10. The van der Waals surface area contributed by atoms with E-state index in [9.17, 15) is 18.4 Å². The monoisotopic (exact) mass is 427 g/mol. The molecule has 0 fully saturated rings. The van der Waals surface area contributed by atoms with Gasteiger partial charge in [-0.2, -0.15) is 8.78 Å². The number of hydrogen-bond donors (Lipinski definition) is 2. The molecular weight excluding hydrogens is 404 g/mol. The van der Waals surface area contributed by atoms with Crippen molar-refractivity contribution in [3.8, 4) is 11.5 Å². The van der Waals surface area contributed by atoms with Gasteiger partial charge in [-0.15, -0.1) is 11.3 Å². The van der Waals surface area contributed by atoms with Crippen LogP contribution in [-0.4, -0.2) is 43.6 Å². The molecule has 2 N–H and O–H groups in total. The number of amides is 2. The highest BCUT2D eigenvalue weighted by atomic mass is 32.1. The molecule has 0 aliphatic rings. The van der Waals surface area contributed by atoms with Crippen LogP contribution in [0.2, 0.25) is 0 Å². The number of hydrogen-bond acceptors (Lipinski definition) is 6. The van der Waals surface area contributed by atoms with Crippen LogP contribution in [0.1, 0.15) is 33.9 Å². The minimum absolute atomic E-state index is 0.00201. The summed E-state index contributed by atoms with van der Waals surface area (Å²) < 4.78 is 33.9. The van der Waals surface area contributed by atoms with Gasteiger partial charge in [0.05, 0.1) is 18.7 Å². The number of ether oxygens (including phenoxy) is 2. The van der Waals surface area contributed by atoms with E-state index < -0.39 is 12.5 Å². The Hall–Kier alpha value is -2.75. The van der Waals surface area contributed by atoms with Gasteiger partial charge in [-0.1, -0.05) is 0 Å². The normalized spacial score (nSPS) is 10.7. The number of carbonyl (C=O) groups excluding carboxylic acids is 2. The molecule has 2 rings (SSSR count). The van der Waals surface area contributed by atoms with Crippen molar-refractivity contribution in [3.05, 3.63) is 39.8 Å². The van der Waals surface area contributed by atoms with Gasteiger partial charge >= 0.3 is 6.61 Å². The number of rotatable bonds is 11. The Kier molecular flexibility index (Phi) is 8.78. The Morgan fingerprint density at radius 2 is 2.00 bits per heavy atom. The topological polar surface area (TPSA) is 89.5 Å². The maximum absolute atomic E-state index is 12.3. The van der Waals surface area contributed by atoms with Crippen molar-refractivity contribution >= 4 is 23.2 Å². The van der Waals surface area contributed by atoms with E-state index in [2.05, 4.69) is 20.4 Å². The summed E-state index contributed by atoms with van der Waals surface area (Å²) >= 11 is 1.63. The zero-order valence-corrected chi connectivity index (χ0v) is 17.0. The second-order valence-electron chi connectivity index (χ2n) is 6.12. The SMILES string of the molecule is COc1cc(C(=O)NCC(=O)NCCCCc2nc(C)cs2)ccc1OC(F)F. The predicted molar refractivity (Wildman–Crippen MR) is 105 cm³/mol. The lowest BCUT2D eigenvalue weighted by Crippen LogP contribution is -2.37. The average molecular weight is 427 g/mol. The fraction of sp³-hybridized carbons (Fsp3) is 0.421. The molecule has 2 amide bonds. The molecule has 0 bridgehead atoms. The molecule has 0 saturated heterocycles. The van der Waals surface area contributed by atoms with Gasteiger partial charge in [-0.3, -0.25) is 9.59 Å². The number of thiazole rings is 1. The summed E-state index contributed by atoms with van der Waals surface area (Å²) in [5, 5.41) is 8.30. The highest BCUT2D eigenvalue weighted by molar-refractivity contribution is 7.09. The number of alkyl halides is 2. The fourth-order valence-corrected chi connectivity index (χ4v) is 3.29. The Labute approximate surface area is 171 Å². The molecule has 1 aromatic carbocycles. The molecule has 0 aliphatic carbocycles. The Morgan fingerprint density at radius 1 is 1.21 bits per heavy atom. The van der Waals surface area contributed by atoms with Crippen LogP contribution in [-0.2, 0) is 11.2 Å². The van der Waals surface area contributed by atoms with E-state index in [0.29, 0.717) is 6.54 Å². The summed E-state index contributed by atoms with van der Waals surface area (Å²) in [5.74, 6) is -1.02. The first-order valence-electron chi connectivity index (χ1n) is 8.97. The van der Waals surface area contributed by atoms with Crippen molar-refractivity contribution in [1.82, 2.24) is 15.6 Å². The number of nitrogens with one attached hydrogen (secondary N) is 2. The molecule has 1 aromatic heterocycles. The van der Waals surface area contributed by atoms with Crippen molar-refractivity contribution in [2.24, 2.45) is 0 Å². The van der Waals surface area contributed by atoms with Crippen LogP contribution in [0.3, 0.4) is 0 Å². The van der Waals surface area contributed by atoms with Crippen molar-refractivity contribution in [2.45, 2.75) is 32.8 Å². The Balaban J connectivity index is 1.70. The second-order valence-corrected chi connectivity index (χ2v) is 7.06. The van der Waals surface area contributed by atoms with Crippen LogP contribution in [0.15, 0.2) is 23.6 Å². The lowest BCUT2D eigenvalue weighted by Gasteiger charge is -2.11. The van der Waals surface area contributed by atoms with E-state index in [1.165, 1.54) is 25.3 Å². The summed E-state index contributed by atoms with van der Waals surface area (Å²) in [6, 6.07) is 3.79. The first-order valence-corrected chi connectivity index (χ1v) is 9.85. The number of carbonyl (C=O) groups is 2. The molecule has 29 heavy (non-hydrogen) atoms. The highest BCUT2D eigenvalue weighted by Gasteiger charge is 2.14. The third kappa shape index (κ3) is 7.65. The van der Waals surface area contributed by atoms with E-state index in [1.54, 1.807) is 11.3 Å². The van der Waals surface area contributed by atoms with E-state index in [4.69, 9.17) is 4.74 Å². The fourth-order valence-electron chi connectivity index (χ4n) is 2.47. The molecule has 2 aromatic rings. The predicted octanol–water partition coefficient (Wildman–Crippen LogP) is 2.93. The van der Waals surface area contributed by atoms with Crippen molar-refractivity contribution in [3.63, 3.8) is 0 Å². The van der Waals surface area contributed by atoms with Crippen LogP contribution < -0.4 is 20.1 Å². The number of halogens is 2. The number of unbranched alkanes of at least 4 members (excludes halogenated alkanes) is 1. The minimum atomic E-state index is -3.00. The van der Waals surface area contributed by atoms with Gasteiger partial charge in [0.1, 0.15) is 0 Å². The van der Waals surface area contributed by atoms with E-state index in [-0.39, 0.29) is 29.5 Å². The molecule has 158 valence electrons. The van der Waals surface area contributed by atoms with Gasteiger partial charge in [0.15, 0.2) is 11.5 Å². The number of aromatic nitrogens is 1. The molecule has 7 nitrogen and oxygen atoms in total. The van der Waals surface area contributed by atoms with Crippen molar-refractivity contribution in [2.75, 3.05) is 20.2 Å². The second kappa shape index (κ2) is 11.3. The van der Waals surface area contributed by atoms with Gasteiger partial charge in [-0.25, -0.2) is 4.98 Å². The molecule has 0 aliphatic heterocycles. The standard InChI is InChI=1S/C19H23F2N3O4S/c1-12-11-29-17(24-12)5-3-4-8-22-16(25)10-23-18(26)13-6-7-14(28-19(20)21)15(9-13)27-2/h6-7,9,11,19H,3-5,8,10H2,1-2H3,(H,22,25)(H,23,26). The number of benzene rings is 1. The lowest BCUT2D eigenvalue weighted by molar-refractivity contribution is -0.120. The van der Waals surface area contributed by atoms with Crippen LogP contribution in [0.25, 0.3) is 0 Å². The Morgan fingerprint density at radius 3 is 2.66 bits per heavy atom. The van der Waals surface area contributed by atoms with E-state index in [1.807, 2.05) is 12.3 Å². The molecule has 0 radical (unpaired) electrons. The van der Waals surface area contributed by atoms with Crippen LogP contribution >= 0.6 is 11.3 Å². The van der Waals surface area contributed by atoms with Gasteiger partial charge in [0, 0.05) is 23.2 Å². The molecule has 0 atom stereocenters. The third-order valence-corrected chi connectivity index (χ3v) is 4.88. The highest BCUT2D eigenvalue weighted by Crippen LogP contribution is 2.29. The molecule has 0 unspecified atom stereocenters. The summed E-state index contributed by atoms with van der Waals surface area (Å²) in [6.07, 6.45) is 2.59. The lowest BCUT2D eigenvalue weighted by atomic mass is 10.2. The number of methoxy groups -OCH3 is 1. The maximum Gasteiger partial charge on any atom is 0.387 e. The zero-order valence-electron chi connectivity index (χ0n) is 16.2. The van der Waals surface area contributed by atoms with Crippen LogP contribution in [0, 0.1) is 6.92 Å². The first kappa shape index (κ1) is 22.5. The molecule has 10 heteroatoms. The molecule has 1 heterocycles. The van der Waals surface area contributed by atoms with E-state index >= 15 is 0 Å². The summed E-state index contributed by atoms with van der Waals surface area (Å²) in [6.45, 7) is -0.733. The van der Waals surface area contributed by atoms with Crippen LogP contribution in [0.4, 0.5) is 8.78 Å². The summed E-state index contributed by atoms with van der Waals surface area (Å²) in [5.41, 5.74) is 1.18. The van der Waals surface area contributed by atoms with Gasteiger partial charge in [0.2, 0.25) is 5.91 Å². The van der Waals surface area contributed by atoms with Crippen molar-refractivity contribution < 1.29 is 27.8 Å². The third-order valence-electron chi connectivity index (χ3n) is 3.86. The number of aryl methyl sites for hydroxylation is 2. The first-order chi connectivity index (χ1) is 13.9. The summed E-state index contributed by atoms with van der Waals surface area (Å²) in [7, 11) is 1.28. The Bertz CT molecular complexity index is 830. The smallest absolute Gasteiger partial charge is 0.387 e. The quantitative estimate of drug-likeness (QED) is 0.538. The van der Waals surface area contributed by atoms with Gasteiger partial charge < -0.3 is 20.1 Å². The minimum Gasteiger partial charge on any atom is -0.493 e. The summed E-state index contributed by atoms with van der Waals surface area (Å²) in [4.78, 5) is 28.4. The molecule has 0 spiro atoms. The zero-order chi connectivity index (χ0) is 21.2. The molecular formula is C19H23F2N3O4S.